The molecule has 0 bridgehead atoms. The summed E-state index contributed by atoms with van der Waals surface area (Å²) < 4.78 is 5.32. The Morgan fingerprint density at radius 3 is 2.38 bits per heavy atom. The molecule has 0 aromatic heterocycles. The zero-order valence-electron chi connectivity index (χ0n) is 16.4. The summed E-state index contributed by atoms with van der Waals surface area (Å²) in [5.41, 5.74) is 0.978. The molecule has 1 amide bonds. The lowest BCUT2D eigenvalue weighted by Gasteiger charge is -2.43. The maximum atomic E-state index is 11.8. The molecular weight excluding hydrogens is 326 g/mol. The first-order valence-electron chi connectivity index (χ1n) is 9.85. The number of benzene rings is 1. The van der Waals surface area contributed by atoms with E-state index in [2.05, 4.69) is 45.4 Å². The summed E-state index contributed by atoms with van der Waals surface area (Å²) >= 11 is 0. The monoisotopic (exact) mass is 359 g/mol. The summed E-state index contributed by atoms with van der Waals surface area (Å²) in [4.78, 5) is 16.8. The van der Waals surface area contributed by atoms with Crippen LogP contribution in [-0.4, -0.2) is 60.3 Å². The van der Waals surface area contributed by atoms with Crippen molar-refractivity contribution in [2.45, 2.75) is 51.8 Å². The van der Waals surface area contributed by atoms with Crippen molar-refractivity contribution in [3.8, 4) is 0 Å². The summed E-state index contributed by atoms with van der Waals surface area (Å²) in [6.07, 6.45) is 2.25. The quantitative estimate of drug-likeness (QED) is 0.877. The Morgan fingerprint density at radius 2 is 1.77 bits per heavy atom. The van der Waals surface area contributed by atoms with Gasteiger partial charge in [-0.2, -0.15) is 0 Å². The van der Waals surface area contributed by atoms with Gasteiger partial charge in [0.15, 0.2) is 0 Å². The fraction of sp³-hybridized carbons (Fsp3) is 0.667. The number of piperidine rings is 1. The van der Waals surface area contributed by atoms with E-state index in [1.54, 1.807) is 0 Å². The molecule has 26 heavy (non-hydrogen) atoms. The Kier molecular flexibility index (Phi) is 6.20. The van der Waals surface area contributed by atoms with Crippen molar-refractivity contribution in [2.75, 3.05) is 32.7 Å². The van der Waals surface area contributed by atoms with Gasteiger partial charge >= 0.3 is 6.09 Å². The van der Waals surface area contributed by atoms with Crippen LogP contribution >= 0.6 is 0 Å². The van der Waals surface area contributed by atoms with E-state index in [9.17, 15) is 4.79 Å². The highest BCUT2D eigenvalue weighted by Gasteiger charge is 2.31. The Hall–Kier alpha value is -1.59. The number of carbonyl (C=O) groups is 1. The largest absolute Gasteiger partial charge is 0.444 e. The molecule has 5 heteroatoms. The van der Waals surface area contributed by atoms with E-state index in [4.69, 9.17) is 4.74 Å². The standard InChI is InChI=1S/C21H33N3O2/c1-21(2,3)26-20(25)22-19-15-24(16-19)14-18-9-11-23(12-10-18)13-17-7-5-4-6-8-17/h4-8,18-19H,9-16H2,1-3H3,(H,22,25). The fourth-order valence-corrected chi connectivity index (χ4v) is 3.82. The van der Waals surface area contributed by atoms with Crippen LogP contribution in [0.5, 0.6) is 0 Å². The second-order valence-corrected chi connectivity index (χ2v) is 8.77. The number of nitrogens with one attached hydrogen (secondary N) is 1. The Balaban J connectivity index is 1.30. The van der Waals surface area contributed by atoms with Crippen LogP contribution in [0.25, 0.3) is 0 Å². The highest BCUT2D eigenvalue weighted by atomic mass is 16.6. The van der Waals surface area contributed by atoms with Gasteiger partial charge in [-0.3, -0.25) is 9.80 Å². The third-order valence-corrected chi connectivity index (χ3v) is 5.15. The molecule has 1 N–H and O–H groups in total. The normalized spacial score (nSPS) is 20.6. The molecule has 0 aliphatic carbocycles. The van der Waals surface area contributed by atoms with Gasteiger partial charge < -0.3 is 10.1 Å². The lowest BCUT2D eigenvalue weighted by Crippen LogP contribution is -2.60. The first-order chi connectivity index (χ1) is 12.4. The molecule has 2 fully saturated rings. The molecule has 2 heterocycles. The number of likely N-dealkylation sites (tertiary alicyclic amines) is 2. The van der Waals surface area contributed by atoms with Gasteiger partial charge in [0.05, 0.1) is 6.04 Å². The molecule has 2 aliphatic heterocycles. The smallest absolute Gasteiger partial charge is 0.407 e. The fourth-order valence-electron chi connectivity index (χ4n) is 3.82. The van der Waals surface area contributed by atoms with Crippen molar-refractivity contribution in [1.82, 2.24) is 15.1 Å². The molecular formula is C21H33N3O2. The van der Waals surface area contributed by atoms with Gasteiger partial charge in [0.1, 0.15) is 5.60 Å². The molecule has 5 nitrogen and oxygen atoms in total. The van der Waals surface area contributed by atoms with Crippen LogP contribution in [0.15, 0.2) is 30.3 Å². The van der Waals surface area contributed by atoms with Crippen molar-refractivity contribution < 1.29 is 9.53 Å². The second kappa shape index (κ2) is 8.40. The van der Waals surface area contributed by atoms with Gasteiger partial charge in [0, 0.05) is 26.2 Å². The maximum absolute atomic E-state index is 11.8. The molecule has 0 atom stereocenters. The van der Waals surface area contributed by atoms with Gasteiger partial charge in [0.2, 0.25) is 0 Å². The zero-order valence-corrected chi connectivity index (χ0v) is 16.4. The van der Waals surface area contributed by atoms with Crippen molar-refractivity contribution in [1.29, 1.82) is 0 Å². The van der Waals surface area contributed by atoms with E-state index in [1.165, 1.54) is 31.5 Å². The summed E-state index contributed by atoms with van der Waals surface area (Å²) in [6.45, 7) is 12.2. The summed E-state index contributed by atoms with van der Waals surface area (Å²) in [6, 6.07) is 11.0. The van der Waals surface area contributed by atoms with Gasteiger partial charge in [-0.05, 0) is 58.2 Å². The van der Waals surface area contributed by atoms with Crippen molar-refractivity contribution in [2.24, 2.45) is 5.92 Å². The molecule has 1 aromatic rings. The third-order valence-electron chi connectivity index (χ3n) is 5.15. The summed E-state index contributed by atoms with van der Waals surface area (Å²) in [5, 5.41) is 2.96. The Bertz CT molecular complexity index is 571. The average molecular weight is 360 g/mol. The molecule has 1 aromatic carbocycles. The van der Waals surface area contributed by atoms with Crippen LogP contribution in [0, 0.1) is 5.92 Å². The number of carbonyl (C=O) groups excluding carboxylic acids is 1. The third kappa shape index (κ3) is 5.99. The minimum Gasteiger partial charge on any atom is -0.444 e. The lowest BCUT2D eigenvalue weighted by atomic mass is 9.94. The minimum absolute atomic E-state index is 0.239. The maximum Gasteiger partial charge on any atom is 0.407 e. The van der Waals surface area contributed by atoms with Crippen LogP contribution in [0.4, 0.5) is 4.79 Å². The topological polar surface area (TPSA) is 44.8 Å². The number of ether oxygens (including phenoxy) is 1. The SMILES string of the molecule is CC(C)(C)OC(=O)NC1CN(CC2CCN(Cc3ccccc3)CC2)C1. The van der Waals surface area contributed by atoms with Gasteiger partial charge in [-0.1, -0.05) is 30.3 Å². The highest BCUT2D eigenvalue weighted by molar-refractivity contribution is 5.68. The Labute approximate surface area is 157 Å². The van der Waals surface area contributed by atoms with E-state index in [0.717, 1.165) is 32.1 Å². The van der Waals surface area contributed by atoms with Gasteiger partial charge in [-0.15, -0.1) is 0 Å². The molecule has 0 radical (unpaired) electrons. The molecule has 144 valence electrons. The number of hydrogen-bond donors (Lipinski definition) is 1. The number of amides is 1. The van der Waals surface area contributed by atoms with Gasteiger partial charge in [-0.25, -0.2) is 4.79 Å². The summed E-state index contributed by atoms with van der Waals surface area (Å²) in [5.74, 6) is 0.782. The van der Waals surface area contributed by atoms with Crippen LogP contribution < -0.4 is 5.32 Å². The van der Waals surface area contributed by atoms with Crippen LogP contribution in [-0.2, 0) is 11.3 Å². The van der Waals surface area contributed by atoms with Crippen molar-refractivity contribution in [3.05, 3.63) is 35.9 Å². The van der Waals surface area contributed by atoms with E-state index in [-0.39, 0.29) is 12.1 Å². The zero-order chi connectivity index (χ0) is 18.6. The first kappa shape index (κ1) is 19.2. The first-order valence-corrected chi connectivity index (χ1v) is 9.85. The van der Waals surface area contributed by atoms with Crippen molar-refractivity contribution in [3.63, 3.8) is 0 Å². The second-order valence-electron chi connectivity index (χ2n) is 8.77. The number of hydrogen-bond acceptors (Lipinski definition) is 4. The van der Waals surface area contributed by atoms with Crippen molar-refractivity contribution >= 4 is 6.09 Å². The molecule has 0 unspecified atom stereocenters. The molecule has 2 aliphatic rings. The average Bonchev–Trinajstić information content (AvgIpc) is 2.54. The van der Waals surface area contributed by atoms with Crippen LogP contribution in [0.3, 0.4) is 0 Å². The predicted molar refractivity (Wildman–Crippen MR) is 104 cm³/mol. The van der Waals surface area contributed by atoms with Gasteiger partial charge in [0.25, 0.3) is 0 Å². The minimum atomic E-state index is -0.429. The molecule has 3 rings (SSSR count). The van der Waals surface area contributed by atoms with E-state index < -0.39 is 5.60 Å². The Morgan fingerprint density at radius 1 is 1.12 bits per heavy atom. The summed E-state index contributed by atoms with van der Waals surface area (Å²) in [7, 11) is 0. The van der Waals surface area contributed by atoms with E-state index in [0.29, 0.717) is 0 Å². The highest BCUT2D eigenvalue weighted by Crippen LogP contribution is 2.22. The van der Waals surface area contributed by atoms with E-state index >= 15 is 0 Å². The molecule has 2 saturated heterocycles. The van der Waals surface area contributed by atoms with E-state index in [1.807, 2.05) is 20.8 Å². The lowest BCUT2D eigenvalue weighted by molar-refractivity contribution is 0.0354. The molecule has 0 spiro atoms. The predicted octanol–water partition coefficient (Wildman–Crippen LogP) is 3.11. The van der Waals surface area contributed by atoms with Crippen LogP contribution in [0.1, 0.15) is 39.2 Å². The number of alkyl carbamates (subject to hydrolysis) is 1. The number of rotatable bonds is 5. The number of nitrogens with zero attached hydrogens (tertiary/aromatic N) is 2. The molecule has 0 saturated carbocycles. The van der Waals surface area contributed by atoms with Crippen LogP contribution in [0.2, 0.25) is 0 Å².